The van der Waals surface area contributed by atoms with Crippen LogP contribution in [0.25, 0.3) is 0 Å². The van der Waals surface area contributed by atoms with Gasteiger partial charge >= 0.3 is 17.9 Å². The van der Waals surface area contributed by atoms with Crippen LogP contribution < -0.4 is 0 Å². The summed E-state index contributed by atoms with van der Waals surface area (Å²) < 4.78 is 16.8. The first-order chi connectivity index (χ1) is 29.9. The van der Waals surface area contributed by atoms with Crippen molar-refractivity contribution in [3.63, 3.8) is 0 Å². The third-order valence-corrected chi connectivity index (χ3v) is 12.5. The Hall–Kier alpha value is -1.59. The molecule has 0 rings (SSSR count). The van der Waals surface area contributed by atoms with Crippen LogP contribution in [0.3, 0.4) is 0 Å². The van der Waals surface area contributed by atoms with Crippen LogP contribution in [0.2, 0.25) is 0 Å². The number of rotatable bonds is 50. The molecule has 0 aromatic heterocycles. The number of carbonyl (C=O) groups is 3. The molecule has 0 N–H and O–H groups in total. The first-order valence-electron chi connectivity index (χ1n) is 27.4. The zero-order chi connectivity index (χ0) is 44.5. The van der Waals surface area contributed by atoms with E-state index >= 15 is 0 Å². The fourth-order valence-corrected chi connectivity index (χ4v) is 8.39. The highest BCUT2D eigenvalue weighted by molar-refractivity contribution is 5.71. The third-order valence-electron chi connectivity index (χ3n) is 12.5. The van der Waals surface area contributed by atoms with Crippen molar-refractivity contribution >= 4 is 17.9 Å². The molecule has 0 aliphatic carbocycles. The zero-order valence-corrected chi connectivity index (χ0v) is 41.6. The van der Waals surface area contributed by atoms with E-state index < -0.39 is 6.10 Å². The molecule has 0 spiro atoms. The van der Waals surface area contributed by atoms with Gasteiger partial charge in [0.1, 0.15) is 13.2 Å². The summed E-state index contributed by atoms with van der Waals surface area (Å²) in [7, 11) is 0. The van der Waals surface area contributed by atoms with Gasteiger partial charge in [-0.15, -0.1) is 0 Å². The Morgan fingerprint density at radius 1 is 0.311 bits per heavy atom. The van der Waals surface area contributed by atoms with Crippen molar-refractivity contribution < 1.29 is 28.6 Å². The predicted molar refractivity (Wildman–Crippen MR) is 261 cm³/mol. The highest BCUT2D eigenvalue weighted by atomic mass is 16.6. The third kappa shape index (κ3) is 49.3. The normalized spacial score (nSPS) is 12.0. The second-order valence-corrected chi connectivity index (χ2v) is 19.3. The zero-order valence-electron chi connectivity index (χ0n) is 41.6. The second-order valence-electron chi connectivity index (χ2n) is 19.3. The van der Waals surface area contributed by atoms with Crippen LogP contribution in [-0.2, 0) is 28.6 Å². The molecule has 0 radical (unpaired) electrons. The van der Waals surface area contributed by atoms with Crippen LogP contribution in [0, 0.1) is 5.92 Å². The molecule has 61 heavy (non-hydrogen) atoms. The lowest BCUT2D eigenvalue weighted by Gasteiger charge is -2.18. The lowest BCUT2D eigenvalue weighted by Crippen LogP contribution is -2.30. The molecular weight excluding hydrogens is 757 g/mol. The summed E-state index contributed by atoms with van der Waals surface area (Å²) in [5.41, 5.74) is 0. The number of esters is 3. The number of ether oxygens (including phenoxy) is 3. The fourth-order valence-electron chi connectivity index (χ4n) is 8.39. The van der Waals surface area contributed by atoms with Crippen LogP contribution in [0.5, 0.6) is 0 Å². The Balaban J connectivity index is 4.18. The molecule has 0 aromatic rings. The number of carbonyl (C=O) groups excluding carboxylic acids is 3. The molecule has 6 heteroatoms. The lowest BCUT2D eigenvalue weighted by atomic mass is 10.0. The van der Waals surface area contributed by atoms with E-state index in [4.69, 9.17) is 14.2 Å². The molecule has 0 heterocycles. The molecule has 0 aliphatic rings. The summed E-state index contributed by atoms with van der Waals surface area (Å²) in [5.74, 6) is 0.0170. The summed E-state index contributed by atoms with van der Waals surface area (Å²) in [6.07, 6.45) is 52.4. The Bertz CT molecular complexity index is 918. The molecule has 0 unspecified atom stereocenters. The van der Waals surface area contributed by atoms with Crippen molar-refractivity contribution in [2.75, 3.05) is 13.2 Å². The van der Waals surface area contributed by atoms with Crippen molar-refractivity contribution in [2.45, 2.75) is 316 Å². The molecule has 0 aliphatic heterocycles. The SMILES string of the molecule is CCCCCCCCCCCCCC(=O)OC[C@@H](COC(=O)CCCCCCCCCCCCCCCCCCCCC(C)C)OC(=O)CCCCCCCCCCCCC. The van der Waals surface area contributed by atoms with Crippen LogP contribution >= 0.6 is 0 Å². The second kappa shape index (κ2) is 49.4. The molecular formula is C55H106O6. The van der Waals surface area contributed by atoms with Crippen molar-refractivity contribution in [1.29, 1.82) is 0 Å². The fraction of sp³-hybridized carbons (Fsp3) is 0.945. The molecule has 0 aromatic carbocycles. The van der Waals surface area contributed by atoms with Gasteiger partial charge in [-0.3, -0.25) is 14.4 Å². The Morgan fingerprint density at radius 2 is 0.541 bits per heavy atom. The quantitative estimate of drug-likeness (QED) is 0.0344. The highest BCUT2D eigenvalue weighted by Crippen LogP contribution is 2.17. The topological polar surface area (TPSA) is 78.9 Å². The minimum absolute atomic E-state index is 0.0623. The van der Waals surface area contributed by atoms with Crippen molar-refractivity contribution in [1.82, 2.24) is 0 Å². The summed E-state index contributed by atoms with van der Waals surface area (Å²) in [6, 6.07) is 0. The summed E-state index contributed by atoms with van der Waals surface area (Å²) in [4.78, 5) is 37.9. The van der Waals surface area contributed by atoms with Crippen LogP contribution in [0.4, 0.5) is 0 Å². The molecule has 0 amide bonds. The van der Waals surface area contributed by atoms with E-state index in [0.29, 0.717) is 19.3 Å². The first-order valence-corrected chi connectivity index (χ1v) is 27.4. The van der Waals surface area contributed by atoms with Gasteiger partial charge in [-0.25, -0.2) is 0 Å². The highest BCUT2D eigenvalue weighted by Gasteiger charge is 2.19. The molecule has 0 saturated heterocycles. The van der Waals surface area contributed by atoms with E-state index in [9.17, 15) is 14.4 Å². The van der Waals surface area contributed by atoms with Crippen LogP contribution in [-0.4, -0.2) is 37.2 Å². The van der Waals surface area contributed by atoms with Gasteiger partial charge in [-0.1, -0.05) is 272 Å². The molecule has 1 atom stereocenters. The maximum Gasteiger partial charge on any atom is 0.306 e. The average molecular weight is 863 g/mol. The minimum atomic E-state index is -0.760. The van der Waals surface area contributed by atoms with Crippen LogP contribution in [0.15, 0.2) is 0 Å². The predicted octanol–water partition coefficient (Wildman–Crippen LogP) is 17.8. The van der Waals surface area contributed by atoms with Gasteiger partial charge in [0, 0.05) is 19.3 Å². The number of hydrogen-bond acceptors (Lipinski definition) is 6. The van der Waals surface area contributed by atoms with E-state index in [0.717, 1.165) is 63.7 Å². The number of hydrogen-bond donors (Lipinski definition) is 0. The van der Waals surface area contributed by atoms with E-state index in [1.54, 1.807) is 0 Å². The van der Waals surface area contributed by atoms with Gasteiger partial charge in [0.15, 0.2) is 6.10 Å². The van der Waals surface area contributed by atoms with Gasteiger partial charge in [0.2, 0.25) is 0 Å². The molecule has 0 bridgehead atoms. The van der Waals surface area contributed by atoms with E-state index in [1.807, 2.05) is 0 Å². The maximum absolute atomic E-state index is 12.8. The van der Waals surface area contributed by atoms with E-state index in [1.165, 1.54) is 205 Å². The average Bonchev–Trinajstić information content (AvgIpc) is 3.24. The lowest BCUT2D eigenvalue weighted by molar-refractivity contribution is -0.167. The summed E-state index contributed by atoms with van der Waals surface area (Å²) in [5, 5.41) is 0. The molecule has 0 saturated carbocycles. The van der Waals surface area contributed by atoms with Gasteiger partial charge < -0.3 is 14.2 Å². The summed E-state index contributed by atoms with van der Waals surface area (Å²) >= 11 is 0. The number of unbranched alkanes of at least 4 members (excludes halogenated alkanes) is 37. The molecule has 0 fully saturated rings. The largest absolute Gasteiger partial charge is 0.462 e. The van der Waals surface area contributed by atoms with E-state index in [-0.39, 0.29) is 31.1 Å². The van der Waals surface area contributed by atoms with Crippen molar-refractivity contribution in [3.8, 4) is 0 Å². The van der Waals surface area contributed by atoms with Crippen molar-refractivity contribution in [3.05, 3.63) is 0 Å². The Kier molecular flexibility index (Phi) is 48.1. The van der Waals surface area contributed by atoms with Crippen molar-refractivity contribution in [2.24, 2.45) is 5.92 Å². The first kappa shape index (κ1) is 59.4. The standard InChI is InChI=1S/C55H106O6/c1-5-7-9-11-13-15-25-30-34-38-42-46-53(56)59-49-52(61-55(58)48-44-40-36-32-26-16-14-12-10-8-6-2)50-60-54(57)47-43-39-35-31-28-24-22-20-18-17-19-21-23-27-29-33-37-41-45-51(3)4/h51-52H,5-50H2,1-4H3/t52-/m0/s1. The van der Waals surface area contributed by atoms with Gasteiger partial charge in [-0.2, -0.15) is 0 Å². The molecule has 362 valence electrons. The Morgan fingerprint density at radius 3 is 0.803 bits per heavy atom. The van der Waals surface area contributed by atoms with Gasteiger partial charge in [0.25, 0.3) is 0 Å². The molecule has 6 nitrogen and oxygen atoms in total. The van der Waals surface area contributed by atoms with E-state index in [2.05, 4.69) is 27.7 Å². The van der Waals surface area contributed by atoms with Gasteiger partial charge in [0.05, 0.1) is 0 Å². The minimum Gasteiger partial charge on any atom is -0.462 e. The van der Waals surface area contributed by atoms with Gasteiger partial charge in [-0.05, 0) is 25.2 Å². The summed E-state index contributed by atoms with van der Waals surface area (Å²) in [6.45, 7) is 9.04. The van der Waals surface area contributed by atoms with Crippen LogP contribution in [0.1, 0.15) is 310 Å². The Labute approximate surface area is 380 Å². The maximum atomic E-state index is 12.8. The monoisotopic (exact) mass is 863 g/mol. The smallest absolute Gasteiger partial charge is 0.306 e.